The molecule has 4 aromatic rings. The Kier molecular flexibility index (Phi) is 4.69. The Morgan fingerprint density at radius 3 is 2.48 bits per heavy atom. The minimum absolute atomic E-state index is 0.218. The quantitative estimate of drug-likeness (QED) is 0.533. The summed E-state index contributed by atoms with van der Waals surface area (Å²) in [7, 11) is 0. The maximum atomic E-state index is 13.3. The molecule has 0 radical (unpaired) electrons. The van der Waals surface area contributed by atoms with Crippen molar-refractivity contribution in [2.24, 2.45) is 0 Å². The molecule has 6 heteroatoms. The molecule has 0 amide bonds. The topological polar surface area (TPSA) is 36.7 Å². The second-order valence-electron chi connectivity index (χ2n) is 7.41. The van der Waals surface area contributed by atoms with Gasteiger partial charge in [0.1, 0.15) is 5.82 Å². The lowest BCUT2D eigenvalue weighted by Crippen LogP contribution is -2.45. The third-order valence-corrected chi connectivity index (χ3v) is 5.52. The van der Waals surface area contributed by atoms with Crippen LogP contribution in [0.2, 0.25) is 0 Å². The second kappa shape index (κ2) is 7.64. The van der Waals surface area contributed by atoms with Crippen LogP contribution in [0.25, 0.3) is 16.6 Å². The van der Waals surface area contributed by atoms with Crippen molar-refractivity contribution < 1.29 is 4.39 Å². The summed E-state index contributed by atoms with van der Waals surface area (Å²) in [5, 5.41) is 4.52. The van der Waals surface area contributed by atoms with Crippen molar-refractivity contribution >= 4 is 11.2 Å². The second-order valence-corrected chi connectivity index (χ2v) is 7.41. The number of rotatable bonds is 4. The fraction of sp³-hybridized carbons (Fsp3) is 0.217. The average molecular weight is 387 g/mol. The van der Waals surface area contributed by atoms with Crippen LogP contribution in [0.4, 0.5) is 10.1 Å². The van der Waals surface area contributed by atoms with Gasteiger partial charge in [0.25, 0.3) is 0 Å². The smallest absolute Gasteiger partial charge is 0.123 e. The summed E-state index contributed by atoms with van der Waals surface area (Å²) in [5.74, 6) is -0.218. The summed E-state index contributed by atoms with van der Waals surface area (Å²) >= 11 is 0. The summed E-state index contributed by atoms with van der Waals surface area (Å²) < 4.78 is 15.2. The summed E-state index contributed by atoms with van der Waals surface area (Å²) in [5.41, 5.74) is 5.54. The summed E-state index contributed by atoms with van der Waals surface area (Å²) in [4.78, 5) is 9.07. The third kappa shape index (κ3) is 3.71. The van der Waals surface area contributed by atoms with Gasteiger partial charge in [0.15, 0.2) is 0 Å². The molecule has 3 aromatic heterocycles. The first-order valence-electron chi connectivity index (χ1n) is 9.86. The molecule has 0 unspecified atom stereocenters. The van der Waals surface area contributed by atoms with Crippen molar-refractivity contribution in [1.29, 1.82) is 0 Å². The fourth-order valence-corrected chi connectivity index (χ4v) is 3.93. The molecule has 1 aliphatic heterocycles. The van der Waals surface area contributed by atoms with E-state index in [4.69, 9.17) is 0 Å². The Bertz CT molecular complexity index is 1100. The Hall–Kier alpha value is -3.25. The summed E-state index contributed by atoms with van der Waals surface area (Å²) in [6.45, 7) is 4.86. The molecule has 0 atom stereocenters. The highest BCUT2D eigenvalue weighted by Gasteiger charge is 2.20. The molecule has 0 saturated carbocycles. The molecular formula is C23H22FN5. The molecule has 1 saturated heterocycles. The van der Waals surface area contributed by atoms with Crippen LogP contribution in [0, 0.1) is 5.82 Å². The highest BCUT2D eigenvalue weighted by Crippen LogP contribution is 2.28. The highest BCUT2D eigenvalue weighted by atomic mass is 19.1. The van der Waals surface area contributed by atoms with Gasteiger partial charge in [0, 0.05) is 51.3 Å². The lowest BCUT2D eigenvalue weighted by molar-refractivity contribution is 0.250. The Balaban J connectivity index is 1.34. The molecule has 5 rings (SSSR count). The maximum absolute atomic E-state index is 13.3. The van der Waals surface area contributed by atoms with E-state index in [1.807, 2.05) is 53.6 Å². The average Bonchev–Trinajstić information content (AvgIpc) is 3.19. The van der Waals surface area contributed by atoms with Crippen molar-refractivity contribution in [3.8, 4) is 11.1 Å². The van der Waals surface area contributed by atoms with Crippen LogP contribution in [0.15, 0.2) is 73.3 Å². The number of aromatic nitrogens is 3. The number of halogens is 1. The Morgan fingerprint density at radius 2 is 1.72 bits per heavy atom. The molecule has 1 aliphatic rings. The van der Waals surface area contributed by atoms with Crippen LogP contribution in [0.5, 0.6) is 0 Å². The number of pyridine rings is 2. The molecule has 5 nitrogen and oxygen atoms in total. The van der Waals surface area contributed by atoms with E-state index in [0.29, 0.717) is 0 Å². The highest BCUT2D eigenvalue weighted by molar-refractivity contribution is 5.78. The SMILES string of the molecule is Fc1ccc(-c2ccn3ncc(N4CCN(Cc5cccnc5)CC4)c3c2)cc1. The molecule has 1 fully saturated rings. The molecule has 1 aromatic carbocycles. The zero-order chi connectivity index (χ0) is 19.6. The van der Waals surface area contributed by atoms with Crippen molar-refractivity contribution in [3.63, 3.8) is 0 Å². The van der Waals surface area contributed by atoms with E-state index in [2.05, 4.69) is 32.0 Å². The normalized spacial score (nSPS) is 15.1. The predicted molar refractivity (Wildman–Crippen MR) is 112 cm³/mol. The standard InChI is InChI=1S/C23H22FN5/c24-21-5-3-19(4-6-21)20-7-9-29-22(14-20)23(16-26-29)28-12-10-27(11-13-28)17-18-2-1-8-25-15-18/h1-9,14-16H,10-13,17H2. The van der Waals surface area contributed by atoms with E-state index in [1.165, 1.54) is 17.7 Å². The number of hydrogen-bond acceptors (Lipinski definition) is 4. The molecule has 29 heavy (non-hydrogen) atoms. The van der Waals surface area contributed by atoms with Crippen LogP contribution in [0.1, 0.15) is 5.56 Å². The van der Waals surface area contributed by atoms with Crippen LogP contribution < -0.4 is 4.90 Å². The molecule has 0 aliphatic carbocycles. The molecule has 0 bridgehead atoms. The number of benzene rings is 1. The van der Waals surface area contributed by atoms with Crippen molar-refractivity contribution in [1.82, 2.24) is 19.5 Å². The van der Waals surface area contributed by atoms with E-state index in [0.717, 1.165) is 55.1 Å². The first-order valence-corrected chi connectivity index (χ1v) is 9.86. The summed E-state index contributed by atoms with van der Waals surface area (Å²) in [6, 6.07) is 14.9. The number of anilines is 1. The number of piperazine rings is 1. The monoisotopic (exact) mass is 387 g/mol. The van der Waals surface area contributed by atoms with Crippen LogP contribution in [0.3, 0.4) is 0 Å². The lowest BCUT2D eigenvalue weighted by Gasteiger charge is -2.35. The molecule has 4 heterocycles. The van der Waals surface area contributed by atoms with E-state index in [-0.39, 0.29) is 5.82 Å². The molecule has 146 valence electrons. The van der Waals surface area contributed by atoms with Gasteiger partial charge >= 0.3 is 0 Å². The summed E-state index contributed by atoms with van der Waals surface area (Å²) in [6.07, 6.45) is 7.66. The van der Waals surface area contributed by atoms with Gasteiger partial charge in [0.05, 0.1) is 17.4 Å². The molecule has 0 spiro atoms. The maximum Gasteiger partial charge on any atom is 0.123 e. The lowest BCUT2D eigenvalue weighted by atomic mass is 10.1. The van der Waals surface area contributed by atoms with E-state index in [9.17, 15) is 4.39 Å². The number of hydrogen-bond donors (Lipinski definition) is 0. The minimum Gasteiger partial charge on any atom is -0.366 e. The van der Waals surface area contributed by atoms with Gasteiger partial charge in [-0.25, -0.2) is 8.91 Å². The molecule has 0 N–H and O–H groups in total. The van der Waals surface area contributed by atoms with E-state index < -0.39 is 0 Å². The van der Waals surface area contributed by atoms with Crippen LogP contribution in [-0.2, 0) is 6.54 Å². The van der Waals surface area contributed by atoms with Crippen molar-refractivity contribution in [3.05, 3.63) is 84.7 Å². The van der Waals surface area contributed by atoms with Crippen molar-refractivity contribution in [2.75, 3.05) is 31.1 Å². The first-order chi connectivity index (χ1) is 14.3. The van der Waals surface area contributed by atoms with Gasteiger partial charge in [-0.05, 0) is 47.0 Å². The van der Waals surface area contributed by atoms with Gasteiger partial charge in [-0.15, -0.1) is 0 Å². The molecular weight excluding hydrogens is 365 g/mol. The van der Waals surface area contributed by atoms with Crippen LogP contribution in [-0.4, -0.2) is 45.7 Å². The van der Waals surface area contributed by atoms with Gasteiger partial charge in [0.2, 0.25) is 0 Å². The van der Waals surface area contributed by atoms with Gasteiger partial charge in [-0.2, -0.15) is 5.10 Å². The van der Waals surface area contributed by atoms with Gasteiger partial charge in [-0.3, -0.25) is 9.88 Å². The predicted octanol–water partition coefficient (Wildman–Crippen LogP) is 3.86. The zero-order valence-electron chi connectivity index (χ0n) is 16.1. The Labute approximate surface area is 169 Å². The van der Waals surface area contributed by atoms with Gasteiger partial charge < -0.3 is 4.90 Å². The minimum atomic E-state index is -0.218. The van der Waals surface area contributed by atoms with E-state index in [1.54, 1.807) is 0 Å². The Morgan fingerprint density at radius 1 is 0.897 bits per heavy atom. The largest absolute Gasteiger partial charge is 0.366 e. The van der Waals surface area contributed by atoms with Crippen LogP contribution >= 0.6 is 0 Å². The first kappa shape index (κ1) is 17.8. The van der Waals surface area contributed by atoms with E-state index >= 15 is 0 Å². The van der Waals surface area contributed by atoms with Gasteiger partial charge in [-0.1, -0.05) is 18.2 Å². The van der Waals surface area contributed by atoms with Crippen molar-refractivity contribution in [2.45, 2.75) is 6.54 Å². The fourth-order valence-electron chi connectivity index (χ4n) is 3.93. The number of fused-ring (bicyclic) bond motifs is 1. The third-order valence-electron chi connectivity index (χ3n) is 5.52. The number of nitrogens with zero attached hydrogens (tertiary/aromatic N) is 5. The zero-order valence-corrected chi connectivity index (χ0v) is 16.1.